The summed E-state index contributed by atoms with van der Waals surface area (Å²) in [6.45, 7) is 0.206. The molecule has 1 heterocycles. The van der Waals surface area contributed by atoms with Crippen molar-refractivity contribution in [1.82, 2.24) is 10.2 Å². The average molecular weight is 184 g/mol. The highest BCUT2D eigenvalue weighted by Crippen LogP contribution is 2.11. The van der Waals surface area contributed by atoms with E-state index in [2.05, 4.69) is 5.32 Å². The fourth-order valence-electron chi connectivity index (χ4n) is 1.21. The molecule has 1 saturated heterocycles. The van der Waals surface area contributed by atoms with Crippen LogP contribution in [0.2, 0.25) is 0 Å². The molecule has 1 N–H and O–H groups in total. The number of imide groups is 1. The van der Waals surface area contributed by atoms with Gasteiger partial charge in [0.2, 0.25) is 17.7 Å². The maximum absolute atomic E-state index is 11.1. The first-order chi connectivity index (χ1) is 6.15. The average Bonchev–Trinajstić information content (AvgIpc) is 2.43. The summed E-state index contributed by atoms with van der Waals surface area (Å²) >= 11 is 0. The van der Waals surface area contributed by atoms with Gasteiger partial charge >= 0.3 is 0 Å². The molecule has 1 rings (SSSR count). The highest BCUT2D eigenvalue weighted by Gasteiger charge is 2.28. The van der Waals surface area contributed by atoms with E-state index in [1.807, 2.05) is 0 Å². The molecule has 1 fully saturated rings. The van der Waals surface area contributed by atoms with Crippen molar-refractivity contribution in [3.63, 3.8) is 0 Å². The highest BCUT2D eigenvalue weighted by atomic mass is 16.2. The summed E-state index contributed by atoms with van der Waals surface area (Å²) in [5, 5.41) is 2.43. The number of rotatable bonds is 3. The third kappa shape index (κ3) is 2.27. The Morgan fingerprint density at radius 1 is 1.38 bits per heavy atom. The topological polar surface area (TPSA) is 66.5 Å². The van der Waals surface area contributed by atoms with Gasteiger partial charge in [-0.3, -0.25) is 19.3 Å². The summed E-state index contributed by atoms with van der Waals surface area (Å²) < 4.78 is 0. The first-order valence-electron chi connectivity index (χ1n) is 4.19. The van der Waals surface area contributed by atoms with Crippen molar-refractivity contribution < 1.29 is 14.4 Å². The number of hydrogen-bond acceptors (Lipinski definition) is 3. The van der Waals surface area contributed by atoms with Crippen LogP contribution < -0.4 is 5.32 Å². The van der Waals surface area contributed by atoms with Crippen molar-refractivity contribution >= 4 is 17.7 Å². The van der Waals surface area contributed by atoms with Crippen LogP contribution in [0.4, 0.5) is 0 Å². The number of likely N-dealkylation sites (tertiary alicyclic amines) is 1. The number of amides is 3. The normalized spacial score (nSPS) is 16.5. The number of carbonyl (C=O) groups is 3. The molecule has 0 spiro atoms. The van der Waals surface area contributed by atoms with Gasteiger partial charge in [-0.15, -0.1) is 0 Å². The molecule has 3 amide bonds. The highest BCUT2D eigenvalue weighted by molar-refractivity contribution is 6.02. The van der Waals surface area contributed by atoms with Crippen molar-refractivity contribution in [3.05, 3.63) is 0 Å². The predicted molar refractivity (Wildman–Crippen MR) is 44.6 cm³/mol. The molecule has 0 atom stereocenters. The fourth-order valence-corrected chi connectivity index (χ4v) is 1.21. The predicted octanol–water partition coefficient (Wildman–Crippen LogP) is -0.729. The van der Waals surface area contributed by atoms with Gasteiger partial charge in [-0.05, 0) is 0 Å². The molecule has 5 nitrogen and oxygen atoms in total. The van der Waals surface area contributed by atoms with Gasteiger partial charge in [-0.2, -0.15) is 0 Å². The number of nitrogens with one attached hydrogen (secondary N) is 1. The zero-order valence-corrected chi connectivity index (χ0v) is 7.50. The maximum atomic E-state index is 11.1. The molecule has 0 saturated carbocycles. The van der Waals surface area contributed by atoms with Gasteiger partial charge in [0.1, 0.15) is 0 Å². The summed E-state index contributed by atoms with van der Waals surface area (Å²) in [7, 11) is 1.52. The molecule has 5 heteroatoms. The molecule has 13 heavy (non-hydrogen) atoms. The largest absolute Gasteiger partial charge is 0.359 e. The van der Waals surface area contributed by atoms with E-state index >= 15 is 0 Å². The summed E-state index contributed by atoms with van der Waals surface area (Å²) in [6.07, 6.45) is 0.757. The smallest absolute Gasteiger partial charge is 0.229 e. The lowest BCUT2D eigenvalue weighted by Crippen LogP contribution is -2.33. The Labute approximate surface area is 76.1 Å². The minimum atomic E-state index is -0.172. The summed E-state index contributed by atoms with van der Waals surface area (Å²) in [4.78, 5) is 34.1. The van der Waals surface area contributed by atoms with Gasteiger partial charge in [0.15, 0.2) is 0 Å². The van der Waals surface area contributed by atoms with Crippen molar-refractivity contribution in [2.45, 2.75) is 19.3 Å². The summed E-state index contributed by atoms with van der Waals surface area (Å²) in [5.74, 6) is -0.504. The van der Waals surface area contributed by atoms with Crippen LogP contribution in [0.5, 0.6) is 0 Å². The van der Waals surface area contributed by atoms with Crippen LogP contribution in [0.3, 0.4) is 0 Å². The molecule has 0 aromatic carbocycles. The summed E-state index contributed by atoms with van der Waals surface area (Å²) in [6, 6.07) is 0. The first kappa shape index (κ1) is 9.70. The maximum Gasteiger partial charge on any atom is 0.229 e. The lowest BCUT2D eigenvalue weighted by Gasteiger charge is -2.12. The van der Waals surface area contributed by atoms with E-state index in [1.165, 1.54) is 7.05 Å². The van der Waals surface area contributed by atoms with Gasteiger partial charge in [0.05, 0.1) is 0 Å². The van der Waals surface area contributed by atoms with Crippen LogP contribution in [0.25, 0.3) is 0 Å². The Kier molecular flexibility index (Phi) is 3.00. The van der Waals surface area contributed by atoms with Crippen molar-refractivity contribution in [2.75, 3.05) is 13.6 Å². The zero-order chi connectivity index (χ0) is 9.84. The second kappa shape index (κ2) is 4.02. The van der Waals surface area contributed by atoms with E-state index < -0.39 is 0 Å². The monoisotopic (exact) mass is 184 g/mol. The van der Waals surface area contributed by atoms with Crippen molar-refractivity contribution in [2.24, 2.45) is 0 Å². The second-order valence-corrected chi connectivity index (χ2v) is 2.86. The molecule has 72 valence electrons. The van der Waals surface area contributed by atoms with E-state index in [9.17, 15) is 14.4 Å². The third-order valence-corrected chi connectivity index (χ3v) is 2.00. The minimum Gasteiger partial charge on any atom is -0.359 e. The molecular weight excluding hydrogens is 172 g/mol. The standard InChI is InChI=1S/C8H12N2O3/c1-9-6(11)4-5-10-7(12)2-3-8(10)13/h2-5H2,1H3,(H,9,11). The van der Waals surface area contributed by atoms with E-state index in [-0.39, 0.29) is 43.5 Å². The van der Waals surface area contributed by atoms with Crippen LogP contribution in [-0.4, -0.2) is 36.2 Å². The number of carbonyl (C=O) groups excluding carboxylic acids is 3. The fraction of sp³-hybridized carbons (Fsp3) is 0.625. The van der Waals surface area contributed by atoms with Gasteiger partial charge in [0.25, 0.3) is 0 Å². The molecule has 0 aromatic rings. The van der Waals surface area contributed by atoms with Gasteiger partial charge in [-0.25, -0.2) is 0 Å². The lowest BCUT2D eigenvalue weighted by molar-refractivity contribution is -0.138. The Morgan fingerprint density at radius 2 is 1.92 bits per heavy atom. The van der Waals surface area contributed by atoms with Crippen LogP contribution >= 0.6 is 0 Å². The Bertz CT molecular complexity index is 234. The molecule has 0 radical (unpaired) electrons. The molecule has 0 bridgehead atoms. The van der Waals surface area contributed by atoms with Crippen LogP contribution in [0.1, 0.15) is 19.3 Å². The minimum absolute atomic E-state index is 0.160. The van der Waals surface area contributed by atoms with E-state index in [0.717, 1.165) is 4.90 Å². The molecule has 1 aliphatic heterocycles. The SMILES string of the molecule is CNC(=O)CCN1C(=O)CCC1=O. The van der Waals surface area contributed by atoms with Crippen molar-refractivity contribution in [1.29, 1.82) is 0 Å². The number of nitrogens with zero attached hydrogens (tertiary/aromatic N) is 1. The quantitative estimate of drug-likeness (QED) is 0.588. The third-order valence-electron chi connectivity index (χ3n) is 2.00. The van der Waals surface area contributed by atoms with E-state index in [1.54, 1.807) is 0 Å². The van der Waals surface area contributed by atoms with Gasteiger partial charge in [-0.1, -0.05) is 0 Å². The summed E-state index contributed by atoms with van der Waals surface area (Å²) in [5.41, 5.74) is 0. The van der Waals surface area contributed by atoms with Gasteiger partial charge < -0.3 is 5.32 Å². The van der Waals surface area contributed by atoms with E-state index in [0.29, 0.717) is 0 Å². The van der Waals surface area contributed by atoms with Crippen molar-refractivity contribution in [3.8, 4) is 0 Å². The van der Waals surface area contributed by atoms with Crippen LogP contribution in [-0.2, 0) is 14.4 Å². The first-order valence-corrected chi connectivity index (χ1v) is 4.19. The Balaban J connectivity index is 2.40. The van der Waals surface area contributed by atoms with E-state index in [4.69, 9.17) is 0 Å². The van der Waals surface area contributed by atoms with Gasteiger partial charge in [0, 0.05) is 32.9 Å². The Hall–Kier alpha value is -1.39. The molecule has 1 aliphatic rings. The molecular formula is C8H12N2O3. The number of hydrogen-bond donors (Lipinski definition) is 1. The van der Waals surface area contributed by atoms with Crippen LogP contribution in [0, 0.1) is 0 Å². The zero-order valence-electron chi connectivity index (χ0n) is 7.50. The lowest BCUT2D eigenvalue weighted by atomic mass is 10.3. The molecule has 0 aliphatic carbocycles. The van der Waals surface area contributed by atoms with Crippen LogP contribution in [0.15, 0.2) is 0 Å². The second-order valence-electron chi connectivity index (χ2n) is 2.86. The Morgan fingerprint density at radius 3 is 2.38 bits per heavy atom. The molecule has 0 aromatic heterocycles. The molecule has 0 unspecified atom stereocenters.